The third kappa shape index (κ3) is 5.89. The molecule has 2 atom stereocenters. The standard InChI is InChI=1S/C11H25NOS/c1-5-7-14-10(3)8-11(4,9-13)12-6-2/h10,12-13H,5-9H2,1-4H3. The molecule has 0 heterocycles. The highest BCUT2D eigenvalue weighted by Gasteiger charge is 2.24. The van der Waals surface area contributed by atoms with E-state index in [9.17, 15) is 5.11 Å². The molecule has 2 nitrogen and oxygen atoms in total. The lowest BCUT2D eigenvalue weighted by molar-refractivity contribution is 0.168. The smallest absolute Gasteiger partial charge is 0.0611 e. The molecule has 0 saturated heterocycles. The molecule has 0 aliphatic heterocycles. The minimum Gasteiger partial charge on any atom is -0.394 e. The van der Waals surface area contributed by atoms with E-state index in [-0.39, 0.29) is 12.1 Å². The van der Waals surface area contributed by atoms with Crippen LogP contribution >= 0.6 is 11.8 Å². The van der Waals surface area contributed by atoms with Gasteiger partial charge in [0.25, 0.3) is 0 Å². The van der Waals surface area contributed by atoms with E-state index in [1.165, 1.54) is 12.2 Å². The van der Waals surface area contributed by atoms with Gasteiger partial charge in [0.1, 0.15) is 0 Å². The molecule has 3 heteroatoms. The fourth-order valence-corrected chi connectivity index (χ4v) is 2.76. The highest BCUT2D eigenvalue weighted by Crippen LogP contribution is 2.22. The zero-order chi connectivity index (χ0) is 11.0. The Hall–Kier alpha value is 0.270. The normalized spacial score (nSPS) is 17.8. The van der Waals surface area contributed by atoms with E-state index in [1.807, 2.05) is 11.8 Å². The van der Waals surface area contributed by atoms with Crippen LogP contribution in [0.2, 0.25) is 0 Å². The molecule has 0 saturated carbocycles. The molecular formula is C11H25NOS. The van der Waals surface area contributed by atoms with Gasteiger partial charge >= 0.3 is 0 Å². The minimum atomic E-state index is -0.102. The molecular weight excluding hydrogens is 194 g/mol. The maximum atomic E-state index is 9.32. The zero-order valence-electron chi connectivity index (χ0n) is 9.97. The Labute approximate surface area is 92.9 Å². The van der Waals surface area contributed by atoms with Crippen molar-refractivity contribution in [2.75, 3.05) is 18.9 Å². The first-order chi connectivity index (χ1) is 6.58. The largest absolute Gasteiger partial charge is 0.394 e. The Morgan fingerprint density at radius 3 is 2.50 bits per heavy atom. The van der Waals surface area contributed by atoms with Gasteiger partial charge in [0.15, 0.2) is 0 Å². The molecule has 2 unspecified atom stereocenters. The van der Waals surface area contributed by atoms with Crippen molar-refractivity contribution >= 4 is 11.8 Å². The molecule has 0 aliphatic carbocycles. The predicted molar refractivity (Wildman–Crippen MR) is 66.0 cm³/mol. The Morgan fingerprint density at radius 1 is 1.43 bits per heavy atom. The van der Waals surface area contributed by atoms with Crippen LogP contribution < -0.4 is 5.32 Å². The fraction of sp³-hybridized carbons (Fsp3) is 1.00. The summed E-state index contributed by atoms with van der Waals surface area (Å²) in [5.41, 5.74) is -0.102. The molecule has 0 bridgehead atoms. The van der Waals surface area contributed by atoms with Gasteiger partial charge in [0.2, 0.25) is 0 Å². The van der Waals surface area contributed by atoms with E-state index in [1.54, 1.807) is 0 Å². The summed E-state index contributed by atoms with van der Waals surface area (Å²) in [6.07, 6.45) is 2.26. The van der Waals surface area contributed by atoms with E-state index >= 15 is 0 Å². The lowest BCUT2D eigenvalue weighted by atomic mass is 9.97. The predicted octanol–water partition coefficient (Wildman–Crippen LogP) is 2.27. The van der Waals surface area contributed by atoms with Crippen molar-refractivity contribution in [3.63, 3.8) is 0 Å². The average molecular weight is 219 g/mol. The molecule has 0 radical (unpaired) electrons. The molecule has 0 amide bonds. The van der Waals surface area contributed by atoms with Crippen LogP contribution in [0, 0.1) is 0 Å². The molecule has 0 aromatic heterocycles. The number of thioether (sulfide) groups is 1. The van der Waals surface area contributed by atoms with Crippen LogP contribution in [0.15, 0.2) is 0 Å². The molecule has 0 rings (SSSR count). The Kier molecular flexibility index (Phi) is 7.69. The van der Waals surface area contributed by atoms with Crippen molar-refractivity contribution in [1.29, 1.82) is 0 Å². The van der Waals surface area contributed by atoms with E-state index in [0.29, 0.717) is 5.25 Å². The number of rotatable bonds is 8. The maximum Gasteiger partial charge on any atom is 0.0611 e. The Morgan fingerprint density at radius 2 is 2.07 bits per heavy atom. The van der Waals surface area contributed by atoms with Gasteiger partial charge in [0.05, 0.1) is 6.61 Å². The van der Waals surface area contributed by atoms with Crippen LogP contribution in [0.5, 0.6) is 0 Å². The van der Waals surface area contributed by atoms with Gasteiger partial charge in [-0.05, 0) is 32.1 Å². The Bertz CT molecular complexity index is 143. The summed E-state index contributed by atoms with van der Waals surface area (Å²) in [7, 11) is 0. The van der Waals surface area contributed by atoms with Crippen LogP contribution in [0.25, 0.3) is 0 Å². The van der Waals surface area contributed by atoms with E-state index in [2.05, 4.69) is 33.0 Å². The van der Waals surface area contributed by atoms with Crippen molar-refractivity contribution in [2.24, 2.45) is 0 Å². The van der Waals surface area contributed by atoms with Gasteiger partial charge < -0.3 is 10.4 Å². The first-order valence-electron chi connectivity index (χ1n) is 5.55. The second kappa shape index (κ2) is 7.55. The van der Waals surface area contributed by atoms with E-state index in [0.717, 1.165) is 13.0 Å². The summed E-state index contributed by atoms with van der Waals surface area (Å²) >= 11 is 1.99. The Balaban J connectivity index is 3.89. The van der Waals surface area contributed by atoms with Crippen molar-refractivity contribution in [3.8, 4) is 0 Å². The number of nitrogens with one attached hydrogen (secondary N) is 1. The van der Waals surface area contributed by atoms with Crippen LogP contribution in [0.1, 0.15) is 40.5 Å². The van der Waals surface area contributed by atoms with Crippen LogP contribution in [-0.2, 0) is 0 Å². The van der Waals surface area contributed by atoms with Crippen LogP contribution in [0.3, 0.4) is 0 Å². The lowest BCUT2D eigenvalue weighted by Gasteiger charge is -2.31. The number of aliphatic hydroxyl groups excluding tert-OH is 1. The molecule has 2 N–H and O–H groups in total. The summed E-state index contributed by atoms with van der Waals surface area (Å²) in [6.45, 7) is 9.76. The van der Waals surface area contributed by atoms with Crippen molar-refractivity contribution in [2.45, 2.75) is 51.3 Å². The summed E-state index contributed by atoms with van der Waals surface area (Å²) in [5, 5.41) is 13.3. The van der Waals surface area contributed by atoms with Gasteiger partial charge in [-0.3, -0.25) is 0 Å². The minimum absolute atomic E-state index is 0.102. The zero-order valence-corrected chi connectivity index (χ0v) is 10.8. The number of likely N-dealkylation sites (N-methyl/N-ethyl adjacent to an activating group) is 1. The van der Waals surface area contributed by atoms with Gasteiger partial charge in [0, 0.05) is 10.8 Å². The van der Waals surface area contributed by atoms with Crippen molar-refractivity contribution in [1.82, 2.24) is 5.32 Å². The van der Waals surface area contributed by atoms with Gasteiger partial charge in [-0.25, -0.2) is 0 Å². The van der Waals surface area contributed by atoms with Gasteiger partial charge in [-0.15, -0.1) is 0 Å². The molecule has 0 aliphatic rings. The molecule has 0 aromatic rings. The summed E-state index contributed by atoms with van der Waals surface area (Å²) in [6, 6.07) is 0. The van der Waals surface area contributed by atoms with Gasteiger partial charge in [-0.2, -0.15) is 11.8 Å². The molecule has 86 valence electrons. The molecule has 0 spiro atoms. The number of hydrogen-bond donors (Lipinski definition) is 2. The molecule has 14 heavy (non-hydrogen) atoms. The summed E-state index contributed by atoms with van der Waals surface area (Å²) in [5.74, 6) is 1.22. The average Bonchev–Trinajstić information content (AvgIpc) is 2.15. The summed E-state index contributed by atoms with van der Waals surface area (Å²) in [4.78, 5) is 0. The maximum absolute atomic E-state index is 9.32. The highest BCUT2D eigenvalue weighted by molar-refractivity contribution is 7.99. The number of hydrogen-bond acceptors (Lipinski definition) is 3. The number of aliphatic hydroxyl groups is 1. The third-order valence-electron chi connectivity index (χ3n) is 2.30. The fourth-order valence-electron chi connectivity index (χ4n) is 1.63. The van der Waals surface area contributed by atoms with E-state index in [4.69, 9.17) is 0 Å². The van der Waals surface area contributed by atoms with Crippen molar-refractivity contribution < 1.29 is 5.11 Å². The molecule has 0 fully saturated rings. The van der Waals surface area contributed by atoms with Crippen molar-refractivity contribution in [3.05, 3.63) is 0 Å². The summed E-state index contributed by atoms with van der Waals surface area (Å²) < 4.78 is 0. The lowest BCUT2D eigenvalue weighted by Crippen LogP contribution is -2.47. The highest BCUT2D eigenvalue weighted by atomic mass is 32.2. The SMILES string of the molecule is CCCSC(C)CC(C)(CO)NCC. The second-order valence-electron chi connectivity index (χ2n) is 4.13. The monoisotopic (exact) mass is 219 g/mol. The quantitative estimate of drug-likeness (QED) is 0.657. The second-order valence-corrected chi connectivity index (χ2v) is 5.68. The van der Waals surface area contributed by atoms with Crippen LogP contribution in [-0.4, -0.2) is 34.8 Å². The molecule has 0 aromatic carbocycles. The first-order valence-corrected chi connectivity index (χ1v) is 6.60. The topological polar surface area (TPSA) is 32.3 Å². The van der Waals surface area contributed by atoms with E-state index < -0.39 is 0 Å². The van der Waals surface area contributed by atoms with Gasteiger partial charge in [-0.1, -0.05) is 20.8 Å². The third-order valence-corrected chi connectivity index (χ3v) is 3.68. The van der Waals surface area contributed by atoms with Crippen LogP contribution in [0.4, 0.5) is 0 Å². The first kappa shape index (κ1) is 14.3.